The number of nitrogens with one attached hydrogen (secondary N) is 2. The zero-order valence-corrected chi connectivity index (χ0v) is 28.4. The molecule has 0 aromatic heterocycles. The lowest BCUT2D eigenvalue weighted by Crippen LogP contribution is -2.47. The van der Waals surface area contributed by atoms with Gasteiger partial charge in [0.25, 0.3) is 5.91 Å². The molecular weight excluding hydrogens is 568 g/mol. The quantitative estimate of drug-likeness (QED) is 0.306. The lowest BCUT2D eigenvalue weighted by molar-refractivity contribution is -0.0190. The van der Waals surface area contributed by atoms with Crippen LogP contribution in [0.3, 0.4) is 0 Å². The van der Waals surface area contributed by atoms with Crippen LogP contribution in [0.25, 0.3) is 0 Å². The molecule has 3 aliphatic rings. The summed E-state index contributed by atoms with van der Waals surface area (Å²) < 4.78 is 12.9. The largest absolute Gasteiger partial charge is 0.490 e. The van der Waals surface area contributed by atoms with Gasteiger partial charge in [-0.05, 0) is 90.0 Å². The molecule has 1 aromatic carbocycles. The Labute approximate surface area is 271 Å². The van der Waals surface area contributed by atoms with Crippen molar-refractivity contribution < 1.29 is 24.2 Å². The van der Waals surface area contributed by atoms with Crippen molar-refractivity contribution in [2.45, 2.75) is 129 Å². The molecule has 0 unspecified atom stereocenters. The van der Waals surface area contributed by atoms with E-state index >= 15 is 0 Å². The fourth-order valence-corrected chi connectivity index (χ4v) is 7.25. The van der Waals surface area contributed by atoms with Crippen molar-refractivity contribution >= 4 is 17.6 Å². The summed E-state index contributed by atoms with van der Waals surface area (Å²) in [6.07, 6.45) is 14.7. The van der Waals surface area contributed by atoms with Crippen LogP contribution in [0.5, 0.6) is 5.75 Å². The SMILES string of the molecule is C[C@@H]1CCCCO[C@H](CN(C)CC2CCCCC2)[C@H](C)CN([C@H](C)CO)C(=O)c2cc(NC(=O)NC3CCCCC3)ccc2O1. The number of ether oxygens (including phenoxy) is 2. The molecular formula is C36H60N4O5. The van der Waals surface area contributed by atoms with Gasteiger partial charge < -0.3 is 35.0 Å². The molecule has 45 heavy (non-hydrogen) atoms. The summed E-state index contributed by atoms with van der Waals surface area (Å²) >= 11 is 0. The highest BCUT2D eigenvalue weighted by atomic mass is 16.5. The van der Waals surface area contributed by atoms with Crippen molar-refractivity contribution in [3.05, 3.63) is 23.8 Å². The van der Waals surface area contributed by atoms with E-state index in [9.17, 15) is 14.7 Å². The Morgan fingerprint density at radius 2 is 1.69 bits per heavy atom. The van der Waals surface area contributed by atoms with Gasteiger partial charge in [0.15, 0.2) is 0 Å². The highest BCUT2D eigenvalue weighted by Gasteiger charge is 2.31. The second-order valence-electron chi connectivity index (χ2n) is 14.2. The molecule has 0 spiro atoms. The first kappa shape index (κ1) is 35.5. The molecule has 1 aliphatic heterocycles. The van der Waals surface area contributed by atoms with E-state index in [1.54, 1.807) is 23.1 Å². The fourth-order valence-electron chi connectivity index (χ4n) is 7.25. The smallest absolute Gasteiger partial charge is 0.319 e. The van der Waals surface area contributed by atoms with Crippen LogP contribution in [0.2, 0.25) is 0 Å². The highest BCUT2D eigenvalue weighted by molar-refractivity contribution is 5.99. The Kier molecular flexibility index (Phi) is 14.3. The zero-order valence-electron chi connectivity index (χ0n) is 28.4. The second kappa shape index (κ2) is 18.1. The van der Waals surface area contributed by atoms with Crippen molar-refractivity contribution in [1.29, 1.82) is 0 Å². The van der Waals surface area contributed by atoms with Gasteiger partial charge in [0.1, 0.15) is 5.75 Å². The summed E-state index contributed by atoms with van der Waals surface area (Å²) in [5.41, 5.74) is 0.941. The Morgan fingerprint density at radius 1 is 1.00 bits per heavy atom. The molecule has 2 saturated carbocycles. The molecule has 9 nitrogen and oxygen atoms in total. The number of nitrogens with zero attached hydrogens (tertiary/aromatic N) is 2. The molecule has 9 heteroatoms. The third-order valence-corrected chi connectivity index (χ3v) is 10.0. The maximum atomic E-state index is 14.4. The molecule has 2 aliphatic carbocycles. The number of hydrogen-bond donors (Lipinski definition) is 3. The standard InChI is InChI=1S/C36H60N4O5/c1-26-22-40(27(2)25-41)35(42)32-21-31(38-36(43)37-30-16-9-6-10-17-30)18-19-33(32)45-28(3)13-11-12-20-44-34(26)24-39(4)23-29-14-7-5-8-15-29/h18-19,21,26-30,34,41H,5-17,20,22-25H2,1-4H3,(H2,37,38,43)/t26-,27-,28-,34-/m1/s1. The van der Waals surface area contributed by atoms with E-state index in [0.29, 0.717) is 30.2 Å². The number of aliphatic hydroxyl groups excluding tert-OH is 1. The van der Waals surface area contributed by atoms with Gasteiger partial charge in [0, 0.05) is 43.9 Å². The Hall–Kier alpha value is -2.36. The molecule has 4 atom stereocenters. The lowest BCUT2D eigenvalue weighted by Gasteiger charge is -2.36. The molecule has 254 valence electrons. The van der Waals surface area contributed by atoms with Crippen LogP contribution in [0, 0.1) is 11.8 Å². The Bertz CT molecular complexity index is 1060. The number of amides is 3. The summed E-state index contributed by atoms with van der Waals surface area (Å²) in [5.74, 6) is 1.08. The van der Waals surface area contributed by atoms with Gasteiger partial charge in [0.05, 0.1) is 30.4 Å². The molecule has 3 amide bonds. The minimum absolute atomic E-state index is 0.0349. The van der Waals surface area contributed by atoms with Gasteiger partial charge in [0.2, 0.25) is 0 Å². The van der Waals surface area contributed by atoms with Crippen molar-refractivity contribution in [3.63, 3.8) is 0 Å². The van der Waals surface area contributed by atoms with E-state index < -0.39 is 6.04 Å². The number of carbonyl (C=O) groups is 2. The summed E-state index contributed by atoms with van der Waals surface area (Å²) in [7, 11) is 2.20. The number of rotatable bonds is 8. The van der Waals surface area contributed by atoms with E-state index in [4.69, 9.17) is 9.47 Å². The summed E-state index contributed by atoms with van der Waals surface area (Å²) in [4.78, 5) is 31.4. The summed E-state index contributed by atoms with van der Waals surface area (Å²) in [6, 6.07) is 4.85. The molecule has 0 radical (unpaired) electrons. The van der Waals surface area contributed by atoms with E-state index in [1.165, 1.54) is 38.5 Å². The number of benzene rings is 1. The number of likely N-dealkylation sites (N-methyl/N-ethyl adjacent to an activating group) is 1. The maximum Gasteiger partial charge on any atom is 0.319 e. The van der Waals surface area contributed by atoms with Crippen molar-refractivity contribution in [2.24, 2.45) is 11.8 Å². The maximum absolute atomic E-state index is 14.4. The lowest BCUT2D eigenvalue weighted by atomic mass is 9.89. The molecule has 1 heterocycles. The van der Waals surface area contributed by atoms with Gasteiger partial charge in [-0.3, -0.25) is 4.79 Å². The predicted molar refractivity (Wildman–Crippen MR) is 180 cm³/mol. The molecule has 1 aromatic rings. The summed E-state index contributed by atoms with van der Waals surface area (Å²) in [5, 5.41) is 16.3. The van der Waals surface area contributed by atoms with Gasteiger partial charge in [-0.2, -0.15) is 0 Å². The number of hydrogen-bond acceptors (Lipinski definition) is 6. The van der Waals surface area contributed by atoms with Gasteiger partial charge in [-0.15, -0.1) is 0 Å². The minimum atomic E-state index is -0.398. The number of fused-ring (bicyclic) bond motifs is 1. The monoisotopic (exact) mass is 628 g/mol. The number of carbonyl (C=O) groups excluding carboxylic acids is 2. The van der Waals surface area contributed by atoms with Crippen LogP contribution < -0.4 is 15.4 Å². The Balaban J connectivity index is 1.54. The van der Waals surface area contributed by atoms with E-state index in [-0.39, 0.29) is 42.7 Å². The first-order valence-electron chi connectivity index (χ1n) is 17.8. The van der Waals surface area contributed by atoms with Crippen molar-refractivity contribution in [3.8, 4) is 5.75 Å². The van der Waals surface area contributed by atoms with Crippen LogP contribution in [-0.4, -0.2) is 91.0 Å². The van der Waals surface area contributed by atoms with Gasteiger partial charge in [-0.1, -0.05) is 45.4 Å². The first-order chi connectivity index (χ1) is 21.7. The number of aliphatic hydroxyl groups is 1. The van der Waals surface area contributed by atoms with Gasteiger partial charge in [-0.25, -0.2) is 4.79 Å². The van der Waals surface area contributed by atoms with Crippen molar-refractivity contribution in [2.75, 3.05) is 45.2 Å². The number of anilines is 1. The average molecular weight is 629 g/mol. The topological polar surface area (TPSA) is 103 Å². The minimum Gasteiger partial charge on any atom is -0.490 e. The Morgan fingerprint density at radius 3 is 2.40 bits per heavy atom. The third kappa shape index (κ3) is 11.1. The van der Waals surface area contributed by atoms with E-state index in [2.05, 4.69) is 29.5 Å². The average Bonchev–Trinajstić information content (AvgIpc) is 3.03. The van der Waals surface area contributed by atoms with Crippen LogP contribution >= 0.6 is 0 Å². The summed E-state index contributed by atoms with van der Waals surface area (Å²) in [6.45, 7) is 8.92. The van der Waals surface area contributed by atoms with Crippen LogP contribution in [0.1, 0.15) is 115 Å². The fraction of sp³-hybridized carbons (Fsp3) is 0.778. The predicted octanol–water partition coefficient (Wildman–Crippen LogP) is 6.45. The van der Waals surface area contributed by atoms with E-state index in [0.717, 1.165) is 64.0 Å². The van der Waals surface area contributed by atoms with Crippen LogP contribution in [-0.2, 0) is 4.74 Å². The van der Waals surface area contributed by atoms with Crippen molar-refractivity contribution in [1.82, 2.24) is 15.1 Å². The molecule has 0 saturated heterocycles. The number of urea groups is 1. The van der Waals surface area contributed by atoms with E-state index in [1.807, 2.05) is 13.8 Å². The zero-order chi connectivity index (χ0) is 32.2. The molecule has 3 N–H and O–H groups in total. The molecule has 4 rings (SSSR count). The normalized spacial score (nSPS) is 25.6. The molecule has 0 bridgehead atoms. The van der Waals surface area contributed by atoms with Crippen LogP contribution in [0.4, 0.5) is 10.5 Å². The third-order valence-electron chi connectivity index (χ3n) is 10.0. The molecule has 2 fully saturated rings. The van der Waals surface area contributed by atoms with Crippen LogP contribution in [0.15, 0.2) is 18.2 Å². The first-order valence-corrected chi connectivity index (χ1v) is 17.8. The highest BCUT2D eigenvalue weighted by Crippen LogP contribution is 2.29. The van der Waals surface area contributed by atoms with Gasteiger partial charge >= 0.3 is 6.03 Å². The second-order valence-corrected chi connectivity index (χ2v) is 14.2.